The molecule has 3 N–H and O–H groups in total. The summed E-state index contributed by atoms with van der Waals surface area (Å²) in [7, 11) is 0. The van der Waals surface area contributed by atoms with Gasteiger partial charge in [-0.25, -0.2) is 9.18 Å². The molecule has 7 nitrogen and oxygen atoms in total. The molecule has 0 aliphatic heterocycles. The second-order valence-corrected chi connectivity index (χ2v) is 7.84. The molecule has 0 radical (unpaired) electrons. The summed E-state index contributed by atoms with van der Waals surface area (Å²) < 4.78 is 54.1. The van der Waals surface area contributed by atoms with Crippen LogP contribution >= 0.6 is 11.6 Å². The molecule has 0 saturated carbocycles. The Labute approximate surface area is 201 Å². The lowest BCUT2D eigenvalue weighted by Crippen LogP contribution is -2.36. The minimum Gasteiger partial charge on any atom is -0.481 e. The average molecular weight is 512 g/mol. The number of pyridine rings is 1. The minimum absolute atomic E-state index is 0.104. The number of hydrogen-bond acceptors (Lipinski definition) is 3. The van der Waals surface area contributed by atoms with Crippen molar-refractivity contribution in [3.05, 3.63) is 98.7 Å². The average Bonchev–Trinajstić information content (AvgIpc) is 2.76. The fourth-order valence-electron chi connectivity index (χ4n) is 3.29. The number of nitrogens with one attached hydrogen (secondary N) is 2. The van der Waals surface area contributed by atoms with Crippen LogP contribution < -0.4 is 16.2 Å². The Morgan fingerprint density at radius 3 is 2.46 bits per heavy atom. The molecular weight excluding hydrogens is 494 g/mol. The van der Waals surface area contributed by atoms with Gasteiger partial charge in [-0.15, -0.1) is 0 Å². The van der Waals surface area contributed by atoms with E-state index in [0.29, 0.717) is 22.7 Å². The molecule has 0 fully saturated rings. The zero-order valence-electron chi connectivity index (χ0n) is 17.8. The van der Waals surface area contributed by atoms with E-state index in [1.165, 1.54) is 22.9 Å². The summed E-state index contributed by atoms with van der Waals surface area (Å²) in [4.78, 5) is 36.5. The lowest BCUT2D eigenvalue weighted by Gasteiger charge is -2.19. The van der Waals surface area contributed by atoms with Gasteiger partial charge in [-0.2, -0.15) is 13.2 Å². The van der Waals surface area contributed by atoms with E-state index in [2.05, 4.69) is 10.6 Å². The molecule has 0 aliphatic rings. The summed E-state index contributed by atoms with van der Waals surface area (Å²) in [6, 6.07) is 9.06. The summed E-state index contributed by atoms with van der Waals surface area (Å²) in [6.07, 6.45) is -4.34. The zero-order valence-corrected chi connectivity index (χ0v) is 18.5. The second kappa shape index (κ2) is 10.6. The van der Waals surface area contributed by atoms with Gasteiger partial charge in [0.1, 0.15) is 11.5 Å². The van der Waals surface area contributed by atoms with Gasteiger partial charge in [-0.3, -0.25) is 9.59 Å². The minimum atomic E-state index is -5.02. The van der Waals surface area contributed by atoms with E-state index < -0.39 is 47.6 Å². The van der Waals surface area contributed by atoms with Crippen molar-refractivity contribution >= 4 is 29.3 Å². The van der Waals surface area contributed by atoms with Crippen molar-refractivity contribution in [1.29, 1.82) is 0 Å². The number of rotatable bonds is 7. The molecular formula is C23H18ClF4N3O4. The maximum Gasteiger partial charge on any atom is 0.419 e. The molecule has 3 rings (SSSR count). The van der Waals surface area contributed by atoms with Crippen LogP contribution in [0.2, 0.25) is 5.02 Å². The number of anilines is 1. The molecule has 35 heavy (non-hydrogen) atoms. The van der Waals surface area contributed by atoms with Crippen LogP contribution in [0.4, 0.5) is 28.0 Å². The number of aromatic nitrogens is 1. The van der Waals surface area contributed by atoms with Crippen molar-refractivity contribution in [1.82, 2.24) is 9.88 Å². The third-order valence-corrected chi connectivity index (χ3v) is 5.32. The first-order valence-electron chi connectivity index (χ1n) is 10.0. The Bertz CT molecular complexity index is 1310. The molecule has 1 atom stereocenters. The van der Waals surface area contributed by atoms with Gasteiger partial charge in [0.15, 0.2) is 0 Å². The summed E-state index contributed by atoms with van der Waals surface area (Å²) >= 11 is 6.12. The molecule has 0 unspecified atom stereocenters. The number of carboxylic acid groups (broad SMARTS) is 1. The summed E-state index contributed by atoms with van der Waals surface area (Å²) in [5.41, 5.74) is -1.99. The predicted octanol–water partition coefficient (Wildman–Crippen LogP) is 5.05. The van der Waals surface area contributed by atoms with Crippen LogP contribution in [0.15, 0.2) is 65.6 Å². The van der Waals surface area contributed by atoms with Gasteiger partial charge in [0.05, 0.1) is 24.6 Å². The van der Waals surface area contributed by atoms with Gasteiger partial charge in [0.25, 0.3) is 5.56 Å². The lowest BCUT2D eigenvalue weighted by atomic mass is 10.0. The van der Waals surface area contributed by atoms with E-state index in [0.717, 1.165) is 6.07 Å². The number of halogens is 5. The van der Waals surface area contributed by atoms with Gasteiger partial charge in [-0.1, -0.05) is 35.9 Å². The normalized spacial score (nSPS) is 12.1. The molecule has 0 spiro atoms. The second-order valence-electron chi connectivity index (χ2n) is 7.43. The van der Waals surface area contributed by atoms with E-state index in [4.69, 9.17) is 16.7 Å². The van der Waals surface area contributed by atoms with Crippen LogP contribution in [0.5, 0.6) is 0 Å². The van der Waals surface area contributed by atoms with Crippen LogP contribution in [0.25, 0.3) is 0 Å². The highest BCUT2D eigenvalue weighted by Gasteiger charge is 2.35. The van der Waals surface area contributed by atoms with E-state index in [1.54, 1.807) is 24.3 Å². The fraction of sp³-hybridized carbons (Fsp3) is 0.174. The molecule has 2 aromatic carbocycles. The maximum absolute atomic E-state index is 13.6. The molecule has 1 heterocycles. The number of carbonyl (C=O) groups excluding carboxylic acids is 1. The maximum atomic E-state index is 13.6. The number of carbonyl (C=O) groups is 2. The molecule has 2 amide bonds. The topological polar surface area (TPSA) is 100 Å². The van der Waals surface area contributed by atoms with Gasteiger partial charge in [0, 0.05) is 11.2 Å². The Hall–Kier alpha value is -3.86. The summed E-state index contributed by atoms with van der Waals surface area (Å²) in [5.74, 6) is -2.96. The standard InChI is InChI=1S/C23H18ClF4N3O4/c24-16-5-2-1-4-14(16)12-31-9-3-6-18(21(31)34)29-22(35)30-19(11-20(32)33)13-7-8-17(25)15(10-13)23(26,27)28/h1-10,19H,11-12H2,(H,32,33)(H2,29,30,35)/t19-/m0/s1. The van der Waals surface area contributed by atoms with Gasteiger partial charge in [-0.05, 0) is 41.5 Å². The summed E-state index contributed by atoms with van der Waals surface area (Å²) in [6.45, 7) is 0.104. The number of nitrogens with zero attached hydrogens (tertiary/aromatic N) is 1. The fourth-order valence-corrected chi connectivity index (χ4v) is 3.48. The van der Waals surface area contributed by atoms with E-state index in [1.807, 2.05) is 0 Å². The van der Waals surface area contributed by atoms with Gasteiger partial charge < -0.3 is 20.3 Å². The number of alkyl halides is 3. The highest BCUT2D eigenvalue weighted by molar-refractivity contribution is 6.31. The van der Waals surface area contributed by atoms with Crippen molar-refractivity contribution < 1.29 is 32.3 Å². The van der Waals surface area contributed by atoms with E-state index in [-0.39, 0.29) is 17.8 Å². The number of urea groups is 1. The highest BCUT2D eigenvalue weighted by atomic mass is 35.5. The van der Waals surface area contributed by atoms with Crippen LogP contribution in [0.1, 0.15) is 29.2 Å². The van der Waals surface area contributed by atoms with Crippen molar-refractivity contribution in [2.24, 2.45) is 0 Å². The number of carboxylic acids is 1. The van der Waals surface area contributed by atoms with Crippen molar-refractivity contribution in [3.8, 4) is 0 Å². The smallest absolute Gasteiger partial charge is 0.419 e. The largest absolute Gasteiger partial charge is 0.481 e. The Balaban J connectivity index is 1.82. The molecule has 12 heteroatoms. The van der Waals surface area contributed by atoms with Gasteiger partial charge >= 0.3 is 18.2 Å². The molecule has 184 valence electrons. The van der Waals surface area contributed by atoms with E-state index in [9.17, 15) is 31.9 Å². The highest BCUT2D eigenvalue weighted by Crippen LogP contribution is 2.33. The molecule has 0 aliphatic carbocycles. The van der Waals surface area contributed by atoms with Crippen molar-refractivity contribution in [2.75, 3.05) is 5.32 Å². The van der Waals surface area contributed by atoms with Crippen LogP contribution in [-0.4, -0.2) is 21.7 Å². The van der Waals surface area contributed by atoms with Gasteiger partial charge in [0.2, 0.25) is 0 Å². The number of benzene rings is 2. The first-order chi connectivity index (χ1) is 16.5. The molecule has 1 aromatic heterocycles. The van der Waals surface area contributed by atoms with E-state index >= 15 is 0 Å². The lowest BCUT2D eigenvalue weighted by molar-refractivity contribution is -0.140. The first kappa shape index (κ1) is 25.8. The summed E-state index contributed by atoms with van der Waals surface area (Å²) in [5, 5.41) is 14.1. The molecule has 0 bridgehead atoms. The SMILES string of the molecule is O=C(O)C[C@H](NC(=O)Nc1cccn(Cc2ccccc2Cl)c1=O)c1ccc(F)c(C(F)(F)F)c1. The van der Waals surface area contributed by atoms with Crippen molar-refractivity contribution in [2.45, 2.75) is 25.2 Å². The predicted molar refractivity (Wildman–Crippen MR) is 120 cm³/mol. The number of amides is 2. The Morgan fingerprint density at radius 2 is 1.80 bits per heavy atom. The van der Waals surface area contributed by atoms with Crippen LogP contribution in [0.3, 0.4) is 0 Å². The van der Waals surface area contributed by atoms with Crippen molar-refractivity contribution in [3.63, 3.8) is 0 Å². The first-order valence-corrected chi connectivity index (χ1v) is 10.4. The monoisotopic (exact) mass is 511 g/mol. The zero-order chi connectivity index (χ0) is 25.8. The third kappa shape index (κ3) is 6.60. The number of hydrogen-bond donors (Lipinski definition) is 3. The Morgan fingerprint density at radius 1 is 1.09 bits per heavy atom. The molecule has 0 saturated heterocycles. The van der Waals surface area contributed by atoms with Crippen LogP contribution in [0, 0.1) is 5.82 Å². The number of aliphatic carboxylic acids is 1. The third-order valence-electron chi connectivity index (χ3n) is 4.95. The van der Waals surface area contributed by atoms with Crippen LogP contribution in [-0.2, 0) is 17.5 Å². The Kier molecular flexibility index (Phi) is 7.80. The molecule has 3 aromatic rings. The quantitative estimate of drug-likeness (QED) is 0.387.